The number of halogens is 1. The number of carbonyl (C=O) groups is 1. The molecule has 0 bridgehead atoms. The molecule has 0 aliphatic rings. The molecule has 2 heterocycles. The van der Waals surface area contributed by atoms with Crippen LogP contribution in [-0.2, 0) is 11.3 Å². The lowest BCUT2D eigenvalue weighted by atomic mass is 10.1. The maximum atomic E-state index is 13.0. The van der Waals surface area contributed by atoms with Crippen LogP contribution in [0.1, 0.15) is 23.0 Å². The van der Waals surface area contributed by atoms with E-state index in [0.717, 1.165) is 33.1 Å². The zero-order chi connectivity index (χ0) is 18.8. The number of anilines is 1. The van der Waals surface area contributed by atoms with Crippen LogP contribution in [0, 0.1) is 5.82 Å². The standard InChI is InChI=1S/C21H18FN3O2/c1-2-27-21(26)19-10-17-16-9-15(7-8-18(16)25-20(17)12-24-19)23-11-13-3-5-14(22)6-4-13/h3-10,12,23,25H,2,11H2,1H3. The summed E-state index contributed by atoms with van der Waals surface area (Å²) in [5, 5.41) is 5.24. The van der Waals surface area contributed by atoms with Crippen LogP contribution in [-0.4, -0.2) is 22.5 Å². The van der Waals surface area contributed by atoms with Gasteiger partial charge in [0.15, 0.2) is 0 Å². The van der Waals surface area contributed by atoms with Crippen LogP contribution in [0.3, 0.4) is 0 Å². The lowest BCUT2D eigenvalue weighted by Crippen LogP contribution is -2.06. The maximum absolute atomic E-state index is 13.0. The normalized spacial score (nSPS) is 11.0. The number of aromatic nitrogens is 2. The molecule has 2 aromatic carbocycles. The Hall–Kier alpha value is -3.41. The number of carbonyl (C=O) groups excluding carboxylic acids is 1. The van der Waals surface area contributed by atoms with Crippen LogP contribution >= 0.6 is 0 Å². The second-order valence-electron chi connectivity index (χ2n) is 6.20. The minimum atomic E-state index is -0.431. The number of fused-ring (bicyclic) bond motifs is 3. The average molecular weight is 363 g/mol. The van der Waals surface area contributed by atoms with E-state index in [1.807, 2.05) is 18.2 Å². The van der Waals surface area contributed by atoms with Gasteiger partial charge in [0.25, 0.3) is 0 Å². The molecule has 0 aliphatic carbocycles. The van der Waals surface area contributed by atoms with Crippen molar-refractivity contribution in [2.24, 2.45) is 0 Å². The van der Waals surface area contributed by atoms with Crippen LogP contribution in [0.4, 0.5) is 10.1 Å². The van der Waals surface area contributed by atoms with E-state index in [-0.39, 0.29) is 11.5 Å². The van der Waals surface area contributed by atoms with E-state index >= 15 is 0 Å². The van der Waals surface area contributed by atoms with Crippen LogP contribution in [0.25, 0.3) is 21.8 Å². The van der Waals surface area contributed by atoms with Gasteiger partial charge in [-0.1, -0.05) is 12.1 Å². The van der Waals surface area contributed by atoms with E-state index in [1.165, 1.54) is 12.1 Å². The number of pyridine rings is 1. The largest absolute Gasteiger partial charge is 0.461 e. The Morgan fingerprint density at radius 3 is 2.67 bits per heavy atom. The number of H-pyrrole nitrogens is 1. The highest BCUT2D eigenvalue weighted by atomic mass is 19.1. The number of hydrogen-bond acceptors (Lipinski definition) is 4. The summed E-state index contributed by atoms with van der Waals surface area (Å²) in [7, 11) is 0. The molecule has 0 unspecified atom stereocenters. The Bertz CT molecular complexity index is 1120. The molecule has 0 amide bonds. The third kappa shape index (κ3) is 3.46. The summed E-state index contributed by atoms with van der Waals surface area (Å²) < 4.78 is 18.0. The maximum Gasteiger partial charge on any atom is 0.356 e. The van der Waals surface area contributed by atoms with Crippen LogP contribution in [0.15, 0.2) is 54.7 Å². The monoisotopic (exact) mass is 363 g/mol. The number of nitrogens with zero attached hydrogens (tertiary/aromatic N) is 1. The summed E-state index contributed by atoms with van der Waals surface area (Å²) >= 11 is 0. The Morgan fingerprint density at radius 2 is 1.89 bits per heavy atom. The first kappa shape index (κ1) is 17.0. The molecule has 0 radical (unpaired) electrons. The predicted octanol–water partition coefficient (Wildman–Crippen LogP) is 4.64. The van der Waals surface area contributed by atoms with Gasteiger partial charge in [-0.25, -0.2) is 14.2 Å². The Kier molecular flexibility index (Phi) is 4.46. The zero-order valence-electron chi connectivity index (χ0n) is 14.8. The van der Waals surface area contributed by atoms with E-state index in [9.17, 15) is 9.18 Å². The predicted molar refractivity (Wildman–Crippen MR) is 103 cm³/mol. The molecule has 27 heavy (non-hydrogen) atoms. The summed E-state index contributed by atoms with van der Waals surface area (Å²) in [4.78, 5) is 19.4. The van der Waals surface area contributed by atoms with Crippen molar-refractivity contribution in [2.75, 3.05) is 11.9 Å². The highest BCUT2D eigenvalue weighted by molar-refractivity contribution is 6.09. The van der Waals surface area contributed by atoms with Crippen molar-refractivity contribution in [1.29, 1.82) is 0 Å². The van der Waals surface area contributed by atoms with Gasteiger partial charge in [0.1, 0.15) is 11.5 Å². The van der Waals surface area contributed by atoms with Crippen molar-refractivity contribution in [2.45, 2.75) is 13.5 Å². The first-order chi connectivity index (χ1) is 13.1. The van der Waals surface area contributed by atoms with Crippen LogP contribution < -0.4 is 5.32 Å². The highest BCUT2D eigenvalue weighted by Gasteiger charge is 2.12. The molecule has 4 aromatic rings. The third-order valence-electron chi connectivity index (χ3n) is 4.38. The number of esters is 1. The number of nitrogens with one attached hydrogen (secondary N) is 2. The summed E-state index contributed by atoms with van der Waals surface area (Å²) in [6.07, 6.45) is 1.65. The minimum Gasteiger partial charge on any atom is -0.461 e. The molecule has 5 nitrogen and oxygen atoms in total. The molecule has 6 heteroatoms. The van der Waals surface area contributed by atoms with Crippen molar-refractivity contribution < 1.29 is 13.9 Å². The van der Waals surface area contributed by atoms with Gasteiger partial charge in [0, 0.05) is 28.5 Å². The van der Waals surface area contributed by atoms with Gasteiger partial charge < -0.3 is 15.0 Å². The summed E-state index contributed by atoms with van der Waals surface area (Å²) in [5.74, 6) is -0.677. The van der Waals surface area contributed by atoms with Gasteiger partial charge in [-0.2, -0.15) is 0 Å². The molecule has 2 aromatic heterocycles. The van der Waals surface area contributed by atoms with Crippen molar-refractivity contribution in [3.63, 3.8) is 0 Å². The second-order valence-corrected chi connectivity index (χ2v) is 6.20. The van der Waals surface area contributed by atoms with Gasteiger partial charge in [-0.3, -0.25) is 0 Å². The SMILES string of the molecule is CCOC(=O)c1cc2c(cn1)[nH]c1ccc(NCc3ccc(F)cc3)cc12. The fraction of sp³-hybridized carbons (Fsp3) is 0.143. The van der Waals surface area contributed by atoms with Crippen molar-refractivity contribution in [3.05, 3.63) is 71.8 Å². The Morgan fingerprint density at radius 1 is 1.11 bits per heavy atom. The molecule has 0 atom stereocenters. The first-order valence-electron chi connectivity index (χ1n) is 8.71. The van der Waals surface area contributed by atoms with Gasteiger partial charge in [0.05, 0.1) is 18.3 Å². The molecule has 4 rings (SSSR count). The molecule has 2 N–H and O–H groups in total. The number of rotatable bonds is 5. The fourth-order valence-electron chi connectivity index (χ4n) is 3.03. The third-order valence-corrected chi connectivity index (χ3v) is 4.38. The van der Waals surface area contributed by atoms with Crippen molar-refractivity contribution >= 4 is 33.5 Å². The molecule has 0 spiro atoms. The minimum absolute atomic E-state index is 0.245. The van der Waals surface area contributed by atoms with E-state index in [0.29, 0.717) is 13.2 Å². The zero-order valence-corrected chi connectivity index (χ0v) is 14.8. The molecule has 0 fully saturated rings. The van der Waals surface area contributed by atoms with E-state index in [2.05, 4.69) is 15.3 Å². The van der Waals surface area contributed by atoms with Gasteiger partial charge in [-0.15, -0.1) is 0 Å². The molecule has 0 saturated heterocycles. The van der Waals surface area contributed by atoms with Gasteiger partial charge in [-0.05, 0) is 48.9 Å². The number of aromatic amines is 1. The lowest BCUT2D eigenvalue weighted by Gasteiger charge is -2.07. The van der Waals surface area contributed by atoms with Gasteiger partial charge in [0.2, 0.25) is 0 Å². The fourth-order valence-corrected chi connectivity index (χ4v) is 3.03. The summed E-state index contributed by atoms with van der Waals surface area (Å²) in [6, 6.07) is 14.1. The smallest absolute Gasteiger partial charge is 0.356 e. The quantitative estimate of drug-likeness (QED) is 0.507. The lowest BCUT2D eigenvalue weighted by molar-refractivity contribution is 0.0520. The van der Waals surface area contributed by atoms with E-state index in [1.54, 1.807) is 31.3 Å². The summed E-state index contributed by atoms with van der Waals surface area (Å²) in [6.45, 7) is 2.66. The van der Waals surface area contributed by atoms with Crippen LogP contribution in [0.5, 0.6) is 0 Å². The number of hydrogen-bond donors (Lipinski definition) is 2. The summed E-state index contributed by atoms with van der Waals surface area (Å²) in [5.41, 5.74) is 4.02. The first-order valence-corrected chi connectivity index (χ1v) is 8.71. The Labute approximate surface area is 155 Å². The molecule has 136 valence electrons. The Balaban J connectivity index is 1.65. The van der Waals surface area contributed by atoms with E-state index < -0.39 is 5.97 Å². The molecule has 0 aliphatic heterocycles. The van der Waals surface area contributed by atoms with Crippen molar-refractivity contribution in [3.8, 4) is 0 Å². The van der Waals surface area contributed by atoms with E-state index in [4.69, 9.17) is 4.74 Å². The van der Waals surface area contributed by atoms with Crippen LogP contribution in [0.2, 0.25) is 0 Å². The number of ether oxygens (including phenoxy) is 1. The molecular formula is C21H18FN3O2. The second kappa shape index (κ2) is 7.07. The topological polar surface area (TPSA) is 67.0 Å². The molecular weight excluding hydrogens is 345 g/mol. The van der Waals surface area contributed by atoms with Gasteiger partial charge >= 0.3 is 5.97 Å². The average Bonchev–Trinajstić information content (AvgIpc) is 3.05. The number of benzene rings is 2. The molecule has 0 saturated carbocycles. The van der Waals surface area contributed by atoms with Crippen molar-refractivity contribution in [1.82, 2.24) is 9.97 Å². The highest BCUT2D eigenvalue weighted by Crippen LogP contribution is 2.28.